The first kappa shape index (κ1) is 11.1. The van der Waals surface area contributed by atoms with Gasteiger partial charge in [0.15, 0.2) is 0 Å². The molecule has 0 aromatic carbocycles. The highest BCUT2D eigenvalue weighted by molar-refractivity contribution is 5.92. The normalized spacial score (nSPS) is 17.6. The van der Waals surface area contributed by atoms with Gasteiger partial charge < -0.3 is 10.4 Å². The molecule has 1 aliphatic rings. The van der Waals surface area contributed by atoms with Crippen LogP contribution in [0.4, 0.5) is 0 Å². The third-order valence-corrected chi connectivity index (χ3v) is 3.27. The summed E-state index contributed by atoms with van der Waals surface area (Å²) in [6.45, 7) is 0.689. The van der Waals surface area contributed by atoms with Crippen LogP contribution in [0.1, 0.15) is 29.8 Å². The lowest BCUT2D eigenvalue weighted by Crippen LogP contribution is -2.44. The zero-order chi connectivity index (χ0) is 11.4. The standard InChI is InChI=1S/C12H16N2O2/c15-9-12(5-3-6-12)8-14-11(16)10-4-1-2-7-13-10/h1-2,4,7,15H,3,5-6,8-9H2,(H,14,16). The molecule has 0 bridgehead atoms. The lowest BCUT2D eigenvalue weighted by Gasteiger charge is -2.40. The highest BCUT2D eigenvalue weighted by Gasteiger charge is 2.36. The predicted octanol–water partition coefficient (Wildman–Crippen LogP) is 0.974. The molecule has 0 aliphatic heterocycles. The number of carbonyl (C=O) groups excluding carboxylic acids is 1. The molecule has 86 valence electrons. The Morgan fingerprint density at radius 1 is 1.50 bits per heavy atom. The van der Waals surface area contributed by atoms with E-state index in [4.69, 9.17) is 0 Å². The van der Waals surface area contributed by atoms with Gasteiger partial charge in [0.1, 0.15) is 5.69 Å². The summed E-state index contributed by atoms with van der Waals surface area (Å²) in [7, 11) is 0. The van der Waals surface area contributed by atoms with Gasteiger partial charge in [0, 0.05) is 18.2 Å². The molecule has 0 spiro atoms. The minimum Gasteiger partial charge on any atom is -0.396 e. The Morgan fingerprint density at radius 2 is 2.31 bits per heavy atom. The van der Waals surface area contributed by atoms with Crippen LogP contribution < -0.4 is 5.32 Å². The molecule has 1 heterocycles. The Bertz CT molecular complexity index is 355. The largest absolute Gasteiger partial charge is 0.396 e. The molecule has 4 heteroatoms. The highest BCUT2D eigenvalue weighted by atomic mass is 16.3. The van der Waals surface area contributed by atoms with Crippen molar-refractivity contribution >= 4 is 5.91 Å². The van der Waals surface area contributed by atoms with Crippen molar-refractivity contribution < 1.29 is 9.90 Å². The summed E-state index contributed by atoms with van der Waals surface area (Å²) in [6, 6.07) is 5.24. The van der Waals surface area contributed by atoms with Crippen LogP contribution in [0.25, 0.3) is 0 Å². The fraction of sp³-hybridized carbons (Fsp3) is 0.500. The van der Waals surface area contributed by atoms with E-state index in [1.807, 2.05) is 0 Å². The van der Waals surface area contributed by atoms with Crippen LogP contribution in [-0.2, 0) is 0 Å². The number of amides is 1. The number of aliphatic hydroxyl groups is 1. The molecule has 0 atom stereocenters. The van der Waals surface area contributed by atoms with Crippen LogP contribution in [0.5, 0.6) is 0 Å². The molecule has 1 fully saturated rings. The number of hydrogen-bond acceptors (Lipinski definition) is 3. The number of aliphatic hydroxyl groups excluding tert-OH is 1. The van der Waals surface area contributed by atoms with E-state index in [2.05, 4.69) is 10.3 Å². The second-order valence-corrected chi connectivity index (χ2v) is 4.41. The fourth-order valence-corrected chi connectivity index (χ4v) is 1.92. The monoisotopic (exact) mass is 220 g/mol. The molecule has 1 aromatic rings. The van der Waals surface area contributed by atoms with Crippen molar-refractivity contribution in [1.29, 1.82) is 0 Å². The molecule has 0 radical (unpaired) electrons. The van der Waals surface area contributed by atoms with Crippen molar-refractivity contribution in [3.63, 3.8) is 0 Å². The maximum atomic E-state index is 11.7. The van der Waals surface area contributed by atoms with Gasteiger partial charge in [-0.3, -0.25) is 9.78 Å². The van der Waals surface area contributed by atoms with Crippen molar-refractivity contribution in [3.05, 3.63) is 30.1 Å². The summed E-state index contributed by atoms with van der Waals surface area (Å²) in [5.41, 5.74) is 0.347. The highest BCUT2D eigenvalue weighted by Crippen LogP contribution is 2.39. The van der Waals surface area contributed by atoms with Crippen LogP contribution >= 0.6 is 0 Å². The number of hydrogen-bond donors (Lipinski definition) is 2. The molecule has 1 saturated carbocycles. The lowest BCUT2D eigenvalue weighted by atomic mass is 9.69. The van der Waals surface area contributed by atoms with Gasteiger partial charge in [-0.25, -0.2) is 0 Å². The molecule has 0 saturated heterocycles. The van der Waals surface area contributed by atoms with Gasteiger partial charge in [-0.05, 0) is 25.0 Å². The van der Waals surface area contributed by atoms with E-state index in [1.165, 1.54) is 0 Å². The maximum absolute atomic E-state index is 11.7. The first-order valence-corrected chi connectivity index (χ1v) is 5.56. The Kier molecular flexibility index (Phi) is 3.19. The summed E-state index contributed by atoms with van der Waals surface area (Å²) >= 11 is 0. The number of aromatic nitrogens is 1. The van der Waals surface area contributed by atoms with Crippen LogP contribution in [0.3, 0.4) is 0 Å². The topological polar surface area (TPSA) is 62.2 Å². The molecule has 4 nitrogen and oxygen atoms in total. The van der Waals surface area contributed by atoms with E-state index >= 15 is 0 Å². The Labute approximate surface area is 94.7 Å². The molecule has 2 N–H and O–H groups in total. The first-order valence-electron chi connectivity index (χ1n) is 5.56. The Morgan fingerprint density at radius 3 is 2.81 bits per heavy atom. The smallest absolute Gasteiger partial charge is 0.269 e. The van der Waals surface area contributed by atoms with E-state index in [1.54, 1.807) is 24.4 Å². The number of rotatable bonds is 4. The summed E-state index contributed by atoms with van der Waals surface area (Å²) in [6.07, 6.45) is 4.72. The van der Waals surface area contributed by atoms with Gasteiger partial charge in [-0.1, -0.05) is 12.5 Å². The fourth-order valence-electron chi connectivity index (χ4n) is 1.92. The van der Waals surface area contributed by atoms with Crippen molar-refractivity contribution in [3.8, 4) is 0 Å². The molecule has 16 heavy (non-hydrogen) atoms. The lowest BCUT2D eigenvalue weighted by molar-refractivity contribution is 0.0428. The number of pyridine rings is 1. The summed E-state index contributed by atoms with van der Waals surface area (Å²) in [5, 5.41) is 12.1. The van der Waals surface area contributed by atoms with Crippen molar-refractivity contribution in [2.45, 2.75) is 19.3 Å². The van der Waals surface area contributed by atoms with E-state index in [9.17, 15) is 9.90 Å². The second-order valence-electron chi connectivity index (χ2n) is 4.41. The van der Waals surface area contributed by atoms with Crippen molar-refractivity contribution in [1.82, 2.24) is 10.3 Å². The van der Waals surface area contributed by atoms with E-state index in [0.717, 1.165) is 19.3 Å². The van der Waals surface area contributed by atoms with Crippen LogP contribution in [0, 0.1) is 5.41 Å². The number of nitrogens with zero attached hydrogens (tertiary/aromatic N) is 1. The van der Waals surface area contributed by atoms with Gasteiger partial charge in [-0.15, -0.1) is 0 Å². The van der Waals surface area contributed by atoms with Gasteiger partial charge in [0.2, 0.25) is 0 Å². The molecule has 1 aliphatic carbocycles. The van der Waals surface area contributed by atoms with Crippen molar-refractivity contribution in [2.24, 2.45) is 5.41 Å². The zero-order valence-electron chi connectivity index (χ0n) is 9.15. The third kappa shape index (κ3) is 2.22. The summed E-state index contributed by atoms with van der Waals surface area (Å²) in [4.78, 5) is 15.7. The molecular weight excluding hydrogens is 204 g/mol. The first-order chi connectivity index (χ1) is 7.76. The number of carbonyl (C=O) groups is 1. The average Bonchev–Trinajstić information content (AvgIpc) is 2.29. The molecular formula is C12H16N2O2. The van der Waals surface area contributed by atoms with E-state index in [-0.39, 0.29) is 17.9 Å². The average molecular weight is 220 g/mol. The Balaban J connectivity index is 1.89. The Hall–Kier alpha value is -1.42. The minimum atomic E-state index is -0.166. The zero-order valence-corrected chi connectivity index (χ0v) is 9.15. The molecule has 1 aromatic heterocycles. The minimum absolute atomic E-state index is 0.0789. The van der Waals surface area contributed by atoms with E-state index in [0.29, 0.717) is 12.2 Å². The van der Waals surface area contributed by atoms with Gasteiger partial charge >= 0.3 is 0 Å². The molecule has 2 rings (SSSR count). The molecule has 1 amide bonds. The second kappa shape index (κ2) is 4.61. The van der Waals surface area contributed by atoms with Crippen LogP contribution in [0.2, 0.25) is 0 Å². The maximum Gasteiger partial charge on any atom is 0.269 e. The van der Waals surface area contributed by atoms with Crippen LogP contribution in [0.15, 0.2) is 24.4 Å². The van der Waals surface area contributed by atoms with E-state index < -0.39 is 0 Å². The summed E-state index contributed by atoms with van der Waals surface area (Å²) < 4.78 is 0. The van der Waals surface area contributed by atoms with Gasteiger partial charge in [0.25, 0.3) is 5.91 Å². The third-order valence-electron chi connectivity index (χ3n) is 3.27. The van der Waals surface area contributed by atoms with Gasteiger partial charge in [0.05, 0.1) is 6.61 Å². The molecule has 0 unspecified atom stereocenters. The SMILES string of the molecule is O=C(NCC1(CO)CCC1)c1ccccn1. The summed E-state index contributed by atoms with van der Waals surface area (Å²) in [5.74, 6) is -0.166. The quantitative estimate of drug-likeness (QED) is 0.795. The van der Waals surface area contributed by atoms with Crippen molar-refractivity contribution in [2.75, 3.05) is 13.2 Å². The van der Waals surface area contributed by atoms with Gasteiger partial charge in [-0.2, -0.15) is 0 Å². The predicted molar refractivity (Wildman–Crippen MR) is 59.9 cm³/mol. The van der Waals surface area contributed by atoms with Crippen LogP contribution in [-0.4, -0.2) is 29.1 Å². The number of nitrogens with one attached hydrogen (secondary N) is 1.